The Labute approximate surface area is 158 Å². The van der Waals surface area contributed by atoms with Gasteiger partial charge in [-0.25, -0.2) is 0 Å². The van der Waals surface area contributed by atoms with Crippen LogP contribution in [0.25, 0.3) is 0 Å². The van der Waals surface area contributed by atoms with Gasteiger partial charge in [-0.15, -0.1) is 10.2 Å². The predicted molar refractivity (Wildman–Crippen MR) is 106 cm³/mol. The standard InChI is InChI=1S/C18H27BrN6/c1-3-17-24-23-14-25(17)12-11-22-18(20-4-2)21-10-6-8-15-7-5-9-16(19)13-15/h5,7,9,13-14H,3-4,6,8,10-12H2,1-2H3,(H2,20,21,22). The van der Waals surface area contributed by atoms with E-state index in [1.807, 2.05) is 0 Å². The van der Waals surface area contributed by atoms with Gasteiger partial charge in [-0.1, -0.05) is 35.0 Å². The molecular weight excluding hydrogens is 380 g/mol. The highest BCUT2D eigenvalue weighted by Gasteiger charge is 2.02. The molecule has 6 nitrogen and oxygen atoms in total. The van der Waals surface area contributed by atoms with Crippen molar-refractivity contribution >= 4 is 21.9 Å². The van der Waals surface area contributed by atoms with Crippen LogP contribution in [0.5, 0.6) is 0 Å². The Kier molecular flexibility index (Phi) is 8.45. The van der Waals surface area contributed by atoms with Crippen LogP contribution in [-0.4, -0.2) is 40.4 Å². The summed E-state index contributed by atoms with van der Waals surface area (Å²) in [6, 6.07) is 8.44. The molecule has 0 spiro atoms. The van der Waals surface area contributed by atoms with Crippen molar-refractivity contribution in [1.29, 1.82) is 0 Å². The van der Waals surface area contributed by atoms with Crippen LogP contribution in [0.4, 0.5) is 0 Å². The molecule has 0 amide bonds. The van der Waals surface area contributed by atoms with Crippen LogP contribution in [0, 0.1) is 0 Å². The van der Waals surface area contributed by atoms with Crippen LogP contribution in [0.3, 0.4) is 0 Å². The number of aryl methyl sites for hydroxylation is 2. The van der Waals surface area contributed by atoms with Crippen molar-refractivity contribution in [3.63, 3.8) is 0 Å². The Bertz CT molecular complexity index is 667. The lowest BCUT2D eigenvalue weighted by Crippen LogP contribution is -2.39. The molecule has 0 saturated heterocycles. The second-order valence-corrected chi connectivity index (χ2v) is 6.63. The topological polar surface area (TPSA) is 67.1 Å². The second kappa shape index (κ2) is 10.9. The number of nitrogens with zero attached hydrogens (tertiary/aromatic N) is 4. The lowest BCUT2D eigenvalue weighted by Gasteiger charge is -2.12. The lowest BCUT2D eigenvalue weighted by atomic mass is 10.1. The summed E-state index contributed by atoms with van der Waals surface area (Å²) in [5.74, 6) is 1.88. The van der Waals surface area contributed by atoms with Crippen LogP contribution in [0.2, 0.25) is 0 Å². The predicted octanol–water partition coefficient (Wildman–Crippen LogP) is 2.79. The van der Waals surface area contributed by atoms with Crippen LogP contribution >= 0.6 is 15.9 Å². The molecule has 1 aromatic heterocycles. The summed E-state index contributed by atoms with van der Waals surface area (Å²) < 4.78 is 3.20. The minimum atomic E-state index is 0.794. The van der Waals surface area contributed by atoms with Crippen molar-refractivity contribution in [2.45, 2.75) is 39.7 Å². The van der Waals surface area contributed by atoms with Crippen LogP contribution in [0.15, 0.2) is 40.1 Å². The van der Waals surface area contributed by atoms with E-state index in [0.29, 0.717) is 0 Å². The summed E-state index contributed by atoms with van der Waals surface area (Å²) in [6.45, 7) is 7.44. The summed E-state index contributed by atoms with van der Waals surface area (Å²) in [6.07, 6.45) is 4.73. The number of hydrogen-bond donors (Lipinski definition) is 2. The molecule has 2 rings (SSSR count). The number of benzene rings is 1. The maximum absolute atomic E-state index is 4.65. The quantitative estimate of drug-likeness (QED) is 0.381. The van der Waals surface area contributed by atoms with Gasteiger partial charge in [-0.2, -0.15) is 0 Å². The Morgan fingerprint density at radius 2 is 2.16 bits per heavy atom. The molecule has 25 heavy (non-hydrogen) atoms. The summed E-state index contributed by atoms with van der Waals surface area (Å²) in [5, 5.41) is 14.7. The molecule has 0 radical (unpaired) electrons. The average molecular weight is 407 g/mol. The number of nitrogens with one attached hydrogen (secondary N) is 2. The SMILES string of the molecule is CCNC(=NCCCc1cccc(Br)c1)NCCn1cnnc1CC. The van der Waals surface area contributed by atoms with E-state index < -0.39 is 0 Å². The van der Waals surface area contributed by atoms with Crippen molar-refractivity contribution in [1.82, 2.24) is 25.4 Å². The number of aromatic nitrogens is 3. The van der Waals surface area contributed by atoms with Crippen molar-refractivity contribution in [2.75, 3.05) is 19.6 Å². The highest BCUT2D eigenvalue weighted by atomic mass is 79.9. The third-order valence-corrected chi connectivity index (χ3v) is 4.28. The monoisotopic (exact) mass is 406 g/mol. The largest absolute Gasteiger partial charge is 0.357 e. The molecule has 0 unspecified atom stereocenters. The van der Waals surface area contributed by atoms with Gasteiger partial charge in [0.2, 0.25) is 0 Å². The third kappa shape index (κ3) is 6.86. The molecule has 136 valence electrons. The van der Waals surface area contributed by atoms with Crippen molar-refractivity contribution in [3.05, 3.63) is 46.5 Å². The zero-order chi connectivity index (χ0) is 17.9. The average Bonchev–Trinajstić information content (AvgIpc) is 3.06. The summed E-state index contributed by atoms with van der Waals surface area (Å²) >= 11 is 3.51. The number of aliphatic imine (C=N–C) groups is 1. The highest BCUT2D eigenvalue weighted by Crippen LogP contribution is 2.12. The Morgan fingerprint density at radius 1 is 1.28 bits per heavy atom. The van der Waals surface area contributed by atoms with Gasteiger partial charge in [0, 0.05) is 37.1 Å². The number of hydrogen-bond acceptors (Lipinski definition) is 3. The molecule has 7 heteroatoms. The van der Waals surface area contributed by atoms with Gasteiger partial charge < -0.3 is 15.2 Å². The maximum Gasteiger partial charge on any atom is 0.191 e. The van der Waals surface area contributed by atoms with Crippen molar-refractivity contribution in [2.24, 2.45) is 4.99 Å². The molecule has 2 N–H and O–H groups in total. The zero-order valence-electron chi connectivity index (χ0n) is 15.0. The fourth-order valence-electron chi connectivity index (χ4n) is 2.54. The van der Waals surface area contributed by atoms with Crippen LogP contribution in [0.1, 0.15) is 31.7 Å². The van der Waals surface area contributed by atoms with Crippen LogP contribution < -0.4 is 10.6 Å². The molecule has 0 aliphatic carbocycles. The van der Waals surface area contributed by atoms with Crippen molar-refractivity contribution < 1.29 is 0 Å². The molecule has 1 heterocycles. The molecule has 1 aromatic carbocycles. The number of guanidine groups is 1. The van der Waals surface area contributed by atoms with Gasteiger partial charge in [-0.3, -0.25) is 4.99 Å². The van der Waals surface area contributed by atoms with Crippen molar-refractivity contribution in [3.8, 4) is 0 Å². The van der Waals surface area contributed by atoms with Gasteiger partial charge in [0.15, 0.2) is 5.96 Å². The molecule has 0 aliphatic rings. The fourth-order valence-corrected chi connectivity index (χ4v) is 2.99. The number of halogens is 1. The van der Waals surface area contributed by atoms with E-state index in [4.69, 9.17) is 0 Å². The van der Waals surface area contributed by atoms with E-state index >= 15 is 0 Å². The first kappa shape index (κ1) is 19.4. The molecule has 0 aliphatic heterocycles. The number of rotatable bonds is 9. The lowest BCUT2D eigenvalue weighted by molar-refractivity contribution is 0.632. The summed E-state index contributed by atoms with van der Waals surface area (Å²) in [7, 11) is 0. The minimum Gasteiger partial charge on any atom is -0.357 e. The van der Waals surface area contributed by atoms with Gasteiger partial charge in [0.1, 0.15) is 12.2 Å². The van der Waals surface area contributed by atoms with Gasteiger partial charge in [0.05, 0.1) is 0 Å². The zero-order valence-corrected chi connectivity index (χ0v) is 16.6. The Morgan fingerprint density at radius 3 is 2.92 bits per heavy atom. The first-order valence-electron chi connectivity index (χ1n) is 8.86. The molecule has 0 atom stereocenters. The first-order valence-corrected chi connectivity index (χ1v) is 9.65. The first-order chi connectivity index (χ1) is 12.2. The van der Waals surface area contributed by atoms with Crippen LogP contribution in [-0.2, 0) is 19.4 Å². The Hall–Kier alpha value is -1.89. The fraction of sp³-hybridized carbons (Fsp3) is 0.500. The summed E-state index contributed by atoms with van der Waals surface area (Å²) in [5.41, 5.74) is 1.34. The van der Waals surface area contributed by atoms with E-state index in [1.165, 1.54) is 5.56 Å². The molecule has 0 saturated carbocycles. The second-order valence-electron chi connectivity index (χ2n) is 5.72. The van der Waals surface area contributed by atoms with E-state index in [2.05, 4.69) is 84.4 Å². The van der Waals surface area contributed by atoms with E-state index in [1.54, 1.807) is 6.33 Å². The Balaban J connectivity index is 1.75. The summed E-state index contributed by atoms with van der Waals surface area (Å²) in [4.78, 5) is 4.65. The normalized spacial score (nSPS) is 11.6. The maximum atomic E-state index is 4.65. The molecule has 2 aromatic rings. The van der Waals surface area contributed by atoms with E-state index in [0.717, 1.165) is 61.7 Å². The van der Waals surface area contributed by atoms with Gasteiger partial charge in [0.25, 0.3) is 0 Å². The van der Waals surface area contributed by atoms with Gasteiger partial charge >= 0.3 is 0 Å². The highest BCUT2D eigenvalue weighted by molar-refractivity contribution is 9.10. The molecular formula is C18H27BrN6. The third-order valence-electron chi connectivity index (χ3n) is 3.78. The minimum absolute atomic E-state index is 0.794. The molecule has 0 bridgehead atoms. The van der Waals surface area contributed by atoms with Gasteiger partial charge in [-0.05, 0) is 37.5 Å². The van der Waals surface area contributed by atoms with E-state index in [-0.39, 0.29) is 0 Å². The van der Waals surface area contributed by atoms with E-state index in [9.17, 15) is 0 Å². The molecule has 0 fully saturated rings. The smallest absolute Gasteiger partial charge is 0.191 e.